The van der Waals surface area contributed by atoms with E-state index in [1.807, 2.05) is 25.1 Å². The molecule has 0 spiro atoms. The lowest BCUT2D eigenvalue weighted by atomic mass is 9.94. The lowest BCUT2D eigenvalue weighted by Crippen LogP contribution is -2.27. The zero-order valence-electron chi connectivity index (χ0n) is 18.3. The minimum absolute atomic E-state index is 0.262. The van der Waals surface area contributed by atoms with Crippen molar-refractivity contribution in [1.82, 2.24) is 25.3 Å². The molecule has 3 heterocycles. The molecule has 0 saturated carbocycles. The third-order valence-electron chi connectivity index (χ3n) is 5.60. The molecule has 34 heavy (non-hydrogen) atoms. The molecule has 9 heteroatoms. The van der Waals surface area contributed by atoms with Gasteiger partial charge in [-0.3, -0.25) is 14.3 Å². The fourth-order valence-corrected chi connectivity index (χ4v) is 4.04. The highest BCUT2D eigenvalue weighted by molar-refractivity contribution is 6.36. The zero-order chi connectivity index (χ0) is 23.7. The number of benzene rings is 2. The summed E-state index contributed by atoms with van der Waals surface area (Å²) in [4.78, 5) is 29.0. The number of hydrogen-bond acceptors (Lipinski definition) is 4. The van der Waals surface area contributed by atoms with Gasteiger partial charge in [-0.05, 0) is 48.4 Å². The van der Waals surface area contributed by atoms with Crippen molar-refractivity contribution in [2.45, 2.75) is 13.5 Å². The van der Waals surface area contributed by atoms with Gasteiger partial charge >= 0.3 is 0 Å². The number of anilines is 1. The zero-order valence-corrected chi connectivity index (χ0v) is 18.3. The molecule has 0 unspecified atom stereocenters. The van der Waals surface area contributed by atoms with Crippen LogP contribution in [0.1, 0.15) is 27.3 Å². The van der Waals surface area contributed by atoms with Gasteiger partial charge in [0.1, 0.15) is 5.82 Å². The average Bonchev–Trinajstić information content (AvgIpc) is 3.54. The summed E-state index contributed by atoms with van der Waals surface area (Å²) in [5.74, 6) is -0.862. The van der Waals surface area contributed by atoms with Gasteiger partial charge < -0.3 is 15.6 Å². The summed E-state index contributed by atoms with van der Waals surface area (Å²) in [5.41, 5.74) is 5.14. The van der Waals surface area contributed by atoms with E-state index >= 15 is 0 Å². The normalized spacial score (nSPS) is 13.7. The second kappa shape index (κ2) is 8.78. The Hall–Kier alpha value is -4.53. The van der Waals surface area contributed by atoms with E-state index in [2.05, 4.69) is 25.9 Å². The summed E-state index contributed by atoms with van der Waals surface area (Å²) >= 11 is 0. The standard InChI is InChI=1S/C25H21FN6O2/c1-15-13-19(24(33)27-9-11-32-12-10-28-31-32)22(29-15)14-20-23-18(16-5-7-17(26)8-6-16)3-2-4-21(23)30-25(20)34/h2-8,10,12-14,29H,9,11H2,1H3,(H,27,33)(H,30,34). The molecule has 4 aromatic rings. The number of rotatable bonds is 6. The molecular formula is C25H21FN6O2. The van der Waals surface area contributed by atoms with Crippen LogP contribution in [0.15, 0.2) is 60.9 Å². The van der Waals surface area contributed by atoms with Crippen LogP contribution in [0.4, 0.5) is 10.1 Å². The highest BCUT2D eigenvalue weighted by Crippen LogP contribution is 2.40. The Bertz CT molecular complexity index is 1400. The number of fused-ring (bicyclic) bond motifs is 1. The summed E-state index contributed by atoms with van der Waals surface area (Å²) in [6, 6.07) is 13.4. The second-order valence-electron chi connectivity index (χ2n) is 7.95. The molecule has 2 amide bonds. The molecule has 2 aromatic heterocycles. The predicted octanol–water partition coefficient (Wildman–Crippen LogP) is 3.64. The van der Waals surface area contributed by atoms with Crippen LogP contribution in [0.2, 0.25) is 0 Å². The number of hydrogen-bond donors (Lipinski definition) is 3. The minimum atomic E-state index is -0.331. The third-order valence-corrected chi connectivity index (χ3v) is 5.60. The lowest BCUT2D eigenvalue weighted by molar-refractivity contribution is -0.110. The molecule has 0 atom stereocenters. The van der Waals surface area contributed by atoms with E-state index in [0.29, 0.717) is 41.2 Å². The third kappa shape index (κ3) is 4.11. The van der Waals surface area contributed by atoms with E-state index in [4.69, 9.17) is 0 Å². The van der Waals surface area contributed by atoms with Crippen LogP contribution in [0.25, 0.3) is 22.8 Å². The average molecular weight is 456 g/mol. The first kappa shape index (κ1) is 21.3. The Morgan fingerprint density at radius 1 is 1.21 bits per heavy atom. The molecule has 0 bridgehead atoms. The van der Waals surface area contributed by atoms with Crippen molar-refractivity contribution in [3.8, 4) is 11.1 Å². The van der Waals surface area contributed by atoms with Gasteiger partial charge in [-0.2, -0.15) is 0 Å². The Morgan fingerprint density at radius 2 is 2.03 bits per heavy atom. The SMILES string of the molecule is Cc1cc(C(=O)NCCn2ccnn2)c(C=C2C(=O)Nc3cccc(-c4ccc(F)cc4)c32)[nH]1. The molecule has 3 N–H and O–H groups in total. The summed E-state index contributed by atoms with van der Waals surface area (Å²) in [6.45, 7) is 2.71. The van der Waals surface area contributed by atoms with E-state index in [0.717, 1.165) is 16.8 Å². The number of halogens is 1. The molecule has 170 valence electrons. The van der Waals surface area contributed by atoms with Gasteiger partial charge in [-0.25, -0.2) is 4.39 Å². The monoisotopic (exact) mass is 456 g/mol. The number of carbonyl (C=O) groups is 2. The molecule has 2 aromatic carbocycles. The lowest BCUT2D eigenvalue weighted by Gasteiger charge is -2.09. The van der Waals surface area contributed by atoms with Crippen molar-refractivity contribution in [2.75, 3.05) is 11.9 Å². The predicted molar refractivity (Wildman–Crippen MR) is 126 cm³/mol. The molecule has 1 aliphatic heterocycles. The Morgan fingerprint density at radius 3 is 2.79 bits per heavy atom. The summed E-state index contributed by atoms with van der Waals surface area (Å²) < 4.78 is 15.1. The van der Waals surface area contributed by atoms with Crippen LogP contribution in [-0.4, -0.2) is 38.3 Å². The van der Waals surface area contributed by atoms with Gasteiger partial charge in [0.2, 0.25) is 0 Å². The van der Waals surface area contributed by atoms with E-state index in [1.54, 1.807) is 41.4 Å². The topological polar surface area (TPSA) is 105 Å². The van der Waals surface area contributed by atoms with Gasteiger partial charge in [0.05, 0.1) is 29.6 Å². The largest absolute Gasteiger partial charge is 0.358 e. The summed E-state index contributed by atoms with van der Waals surface area (Å²) in [7, 11) is 0. The number of aromatic amines is 1. The maximum atomic E-state index is 13.5. The van der Waals surface area contributed by atoms with Crippen molar-refractivity contribution in [3.63, 3.8) is 0 Å². The van der Waals surface area contributed by atoms with Crippen molar-refractivity contribution >= 4 is 29.2 Å². The Kier molecular flexibility index (Phi) is 5.51. The van der Waals surface area contributed by atoms with Crippen LogP contribution in [-0.2, 0) is 11.3 Å². The van der Waals surface area contributed by atoms with Crippen LogP contribution < -0.4 is 10.6 Å². The number of amides is 2. The van der Waals surface area contributed by atoms with Gasteiger partial charge in [-0.1, -0.05) is 29.5 Å². The van der Waals surface area contributed by atoms with Crippen molar-refractivity contribution in [1.29, 1.82) is 0 Å². The van der Waals surface area contributed by atoms with Crippen LogP contribution in [0.3, 0.4) is 0 Å². The highest BCUT2D eigenvalue weighted by atomic mass is 19.1. The first-order valence-corrected chi connectivity index (χ1v) is 10.7. The first-order chi connectivity index (χ1) is 16.5. The molecule has 0 saturated heterocycles. The second-order valence-corrected chi connectivity index (χ2v) is 7.95. The van der Waals surface area contributed by atoms with Crippen molar-refractivity contribution < 1.29 is 14.0 Å². The van der Waals surface area contributed by atoms with Gasteiger partial charge in [0, 0.05) is 29.7 Å². The number of nitrogens with one attached hydrogen (secondary N) is 3. The number of nitrogens with zero attached hydrogens (tertiary/aromatic N) is 3. The molecule has 1 aliphatic rings. The van der Waals surface area contributed by atoms with Crippen molar-refractivity contribution in [2.24, 2.45) is 0 Å². The van der Waals surface area contributed by atoms with Crippen LogP contribution in [0, 0.1) is 12.7 Å². The van der Waals surface area contributed by atoms with E-state index in [9.17, 15) is 14.0 Å². The quantitative estimate of drug-likeness (QED) is 0.385. The van der Waals surface area contributed by atoms with Crippen LogP contribution in [0.5, 0.6) is 0 Å². The van der Waals surface area contributed by atoms with Gasteiger partial charge in [0.15, 0.2) is 0 Å². The molecular weight excluding hydrogens is 435 g/mol. The van der Waals surface area contributed by atoms with E-state index in [-0.39, 0.29) is 17.6 Å². The first-order valence-electron chi connectivity index (χ1n) is 10.7. The smallest absolute Gasteiger partial charge is 0.256 e. The summed E-state index contributed by atoms with van der Waals surface area (Å²) in [6.07, 6.45) is 4.98. The highest BCUT2D eigenvalue weighted by Gasteiger charge is 2.28. The van der Waals surface area contributed by atoms with Crippen molar-refractivity contribution in [3.05, 3.63) is 89.3 Å². The number of carbonyl (C=O) groups excluding carboxylic acids is 2. The van der Waals surface area contributed by atoms with E-state index < -0.39 is 0 Å². The molecule has 0 fully saturated rings. The molecule has 0 aliphatic carbocycles. The molecule has 0 radical (unpaired) electrons. The van der Waals surface area contributed by atoms with Crippen LogP contribution >= 0.6 is 0 Å². The molecule has 8 nitrogen and oxygen atoms in total. The Balaban J connectivity index is 1.48. The summed E-state index contributed by atoms with van der Waals surface area (Å²) in [5, 5.41) is 13.4. The minimum Gasteiger partial charge on any atom is -0.358 e. The number of aromatic nitrogens is 4. The molecule has 5 rings (SSSR count). The van der Waals surface area contributed by atoms with E-state index in [1.165, 1.54) is 12.1 Å². The number of aryl methyl sites for hydroxylation is 1. The maximum Gasteiger partial charge on any atom is 0.256 e. The van der Waals surface area contributed by atoms with Gasteiger partial charge in [-0.15, -0.1) is 5.10 Å². The fraction of sp³-hybridized carbons (Fsp3) is 0.120. The van der Waals surface area contributed by atoms with Gasteiger partial charge in [0.25, 0.3) is 11.8 Å². The Labute approximate surface area is 194 Å². The number of H-pyrrole nitrogens is 1. The fourth-order valence-electron chi connectivity index (χ4n) is 4.04. The maximum absolute atomic E-state index is 13.5.